The van der Waals surface area contributed by atoms with E-state index in [2.05, 4.69) is 0 Å². The summed E-state index contributed by atoms with van der Waals surface area (Å²) >= 11 is 1.57. The smallest absolute Gasteiger partial charge is 0.309 e. The summed E-state index contributed by atoms with van der Waals surface area (Å²) in [6, 6.07) is 23.4. The number of methoxy groups -OCH3 is 1. The molecular weight excluding hydrogens is 430 g/mol. The van der Waals surface area contributed by atoms with Gasteiger partial charge in [-0.3, -0.25) is 4.79 Å². The second-order valence-corrected chi connectivity index (χ2v) is 8.92. The molecule has 6 heteroatoms. The average Bonchev–Trinajstić information content (AvgIpc) is 3.17. The number of cyclic esters (lactones) is 1. The van der Waals surface area contributed by atoms with Gasteiger partial charge in [0.1, 0.15) is 11.9 Å². The summed E-state index contributed by atoms with van der Waals surface area (Å²) in [4.78, 5) is 13.3. The molecule has 0 aliphatic carbocycles. The zero-order chi connectivity index (χ0) is 22.6. The molecule has 0 radical (unpaired) electrons. The van der Waals surface area contributed by atoms with Crippen LogP contribution in [-0.2, 0) is 15.5 Å². The molecular formula is C26H24F2O3S. The largest absolute Gasteiger partial charge is 0.497 e. The van der Waals surface area contributed by atoms with E-state index in [1.807, 2.05) is 54.6 Å². The fourth-order valence-corrected chi connectivity index (χ4v) is 4.75. The summed E-state index contributed by atoms with van der Waals surface area (Å²) in [5.41, 5.74) is 1.66. The number of hydrogen-bond donors (Lipinski definition) is 0. The quantitative estimate of drug-likeness (QED) is 0.285. The van der Waals surface area contributed by atoms with E-state index < -0.39 is 24.2 Å². The zero-order valence-corrected chi connectivity index (χ0v) is 18.5. The van der Waals surface area contributed by atoms with Gasteiger partial charge in [0.25, 0.3) is 5.92 Å². The summed E-state index contributed by atoms with van der Waals surface area (Å²) < 4.78 is 40.4. The van der Waals surface area contributed by atoms with Crippen LogP contribution < -0.4 is 4.74 Å². The van der Waals surface area contributed by atoms with Crippen molar-refractivity contribution >= 4 is 17.7 Å². The number of hydrogen-bond acceptors (Lipinski definition) is 4. The van der Waals surface area contributed by atoms with Crippen LogP contribution in [0.2, 0.25) is 0 Å². The Hall–Kier alpha value is -2.86. The minimum Gasteiger partial charge on any atom is -0.497 e. The second-order valence-electron chi connectivity index (χ2n) is 7.83. The van der Waals surface area contributed by atoms with Gasteiger partial charge >= 0.3 is 5.97 Å². The van der Waals surface area contributed by atoms with E-state index in [0.717, 1.165) is 21.8 Å². The third-order valence-electron chi connectivity index (χ3n) is 5.58. The van der Waals surface area contributed by atoms with Gasteiger partial charge in [0.2, 0.25) is 0 Å². The number of benzene rings is 3. The fourth-order valence-electron chi connectivity index (χ4n) is 3.81. The standard InChI is InChI=1S/C26H24F2O3S/c1-30-22-13-9-19(10-14-22)18-7-11-21(12-8-18)26(27,28)16-20-15-23(31-25(20)29)17-32-24-5-3-2-4-6-24/h2-14,20,23H,15-17H2,1H3. The van der Waals surface area contributed by atoms with Gasteiger partial charge in [0.15, 0.2) is 0 Å². The summed E-state index contributed by atoms with van der Waals surface area (Å²) in [7, 11) is 1.59. The van der Waals surface area contributed by atoms with Crippen LogP contribution in [0.5, 0.6) is 5.75 Å². The number of carbonyl (C=O) groups is 1. The molecule has 2 atom stereocenters. The van der Waals surface area contributed by atoms with Crippen LogP contribution >= 0.6 is 11.8 Å². The molecule has 0 bridgehead atoms. The molecule has 1 fully saturated rings. The van der Waals surface area contributed by atoms with Gasteiger partial charge in [0.05, 0.1) is 13.0 Å². The highest BCUT2D eigenvalue weighted by molar-refractivity contribution is 7.99. The molecule has 166 valence electrons. The van der Waals surface area contributed by atoms with Crippen molar-refractivity contribution in [2.75, 3.05) is 12.9 Å². The molecule has 1 saturated heterocycles. The third kappa shape index (κ3) is 5.30. The Morgan fingerprint density at radius 3 is 2.22 bits per heavy atom. The maximum atomic E-state index is 15.0. The Bertz CT molecular complexity index is 1040. The molecule has 4 rings (SSSR count). The highest BCUT2D eigenvalue weighted by Crippen LogP contribution is 2.40. The van der Waals surface area contributed by atoms with E-state index in [9.17, 15) is 13.6 Å². The molecule has 3 aromatic rings. The molecule has 1 heterocycles. The Balaban J connectivity index is 1.37. The van der Waals surface area contributed by atoms with Gasteiger partial charge in [-0.25, -0.2) is 8.78 Å². The van der Waals surface area contributed by atoms with E-state index in [1.54, 1.807) is 31.0 Å². The number of alkyl halides is 2. The minimum atomic E-state index is -3.11. The topological polar surface area (TPSA) is 35.5 Å². The van der Waals surface area contributed by atoms with Crippen molar-refractivity contribution in [1.82, 2.24) is 0 Å². The van der Waals surface area contributed by atoms with Gasteiger partial charge in [-0.1, -0.05) is 54.6 Å². The zero-order valence-electron chi connectivity index (χ0n) is 17.7. The van der Waals surface area contributed by atoms with Crippen LogP contribution in [-0.4, -0.2) is 24.9 Å². The van der Waals surface area contributed by atoms with E-state index in [4.69, 9.17) is 9.47 Å². The molecule has 2 unspecified atom stereocenters. The fraction of sp³-hybridized carbons (Fsp3) is 0.269. The number of thioether (sulfide) groups is 1. The number of rotatable bonds is 8. The van der Waals surface area contributed by atoms with Crippen LogP contribution in [0.1, 0.15) is 18.4 Å². The molecule has 0 aromatic heterocycles. The van der Waals surface area contributed by atoms with Crippen molar-refractivity contribution < 1.29 is 23.0 Å². The summed E-state index contributed by atoms with van der Waals surface area (Å²) in [5.74, 6) is -3.13. The van der Waals surface area contributed by atoms with Gasteiger partial charge in [-0.15, -0.1) is 11.8 Å². The van der Waals surface area contributed by atoms with Crippen LogP contribution in [0.15, 0.2) is 83.8 Å². The van der Waals surface area contributed by atoms with E-state index in [0.29, 0.717) is 12.2 Å². The van der Waals surface area contributed by atoms with Gasteiger partial charge in [-0.05, 0) is 41.8 Å². The molecule has 0 N–H and O–H groups in total. The molecule has 1 aliphatic rings. The average molecular weight is 455 g/mol. The maximum absolute atomic E-state index is 15.0. The Morgan fingerprint density at radius 2 is 1.59 bits per heavy atom. The Morgan fingerprint density at radius 1 is 0.969 bits per heavy atom. The molecule has 1 aliphatic heterocycles. The first kappa shape index (κ1) is 22.3. The maximum Gasteiger partial charge on any atom is 0.309 e. The predicted octanol–water partition coefficient (Wildman–Crippen LogP) is 6.57. The van der Waals surface area contributed by atoms with Crippen molar-refractivity contribution in [1.29, 1.82) is 0 Å². The van der Waals surface area contributed by atoms with Crippen molar-refractivity contribution in [3.8, 4) is 16.9 Å². The van der Waals surface area contributed by atoms with Crippen molar-refractivity contribution in [2.45, 2.75) is 29.8 Å². The van der Waals surface area contributed by atoms with Crippen LogP contribution in [0.25, 0.3) is 11.1 Å². The van der Waals surface area contributed by atoms with E-state index in [-0.39, 0.29) is 11.7 Å². The summed E-state index contributed by atoms with van der Waals surface area (Å²) in [6.45, 7) is 0. The monoisotopic (exact) mass is 454 g/mol. The first-order valence-corrected chi connectivity index (χ1v) is 11.4. The summed E-state index contributed by atoms with van der Waals surface area (Å²) in [5, 5.41) is 0. The van der Waals surface area contributed by atoms with Crippen LogP contribution in [0, 0.1) is 5.92 Å². The van der Waals surface area contributed by atoms with Crippen molar-refractivity contribution in [2.24, 2.45) is 5.92 Å². The molecule has 3 nitrogen and oxygen atoms in total. The van der Waals surface area contributed by atoms with Crippen molar-refractivity contribution in [3.63, 3.8) is 0 Å². The molecule has 3 aromatic carbocycles. The third-order valence-corrected chi connectivity index (χ3v) is 6.72. The normalized spacial score (nSPS) is 18.4. The number of halogens is 2. The highest BCUT2D eigenvalue weighted by Gasteiger charge is 2.43. The predicted molar refractivity (Wildman–Crippen MR) is 122 cm³/mol. The lowest BCUT2D eigenvalue weighted by Gasteiger charge is -2.19. The van der Waals surface area contributed by atoms with Gasteiger partial charge in [0, 0.05) is 22.6 Å². The SMILES string of the molecule is COc1ccc(-c2ccc(C(F)(F)CC3CC(CSc4ccccc4)OC3=O)cc2)cc1. The van der Waals surface area contributed by atoms with Crippen LogP contribution in [0.3, 0.4) is 0 Å². The Labute approximate surface area is 190 Å². The molecule has 0 saturated carbocycles. The Kier molecular flexibility index (Phi) is 6.80. The lowest BCUT2D eigenvalue weighted by molar-refractivity contribution is -0.146. The van der Waals surface area contributed by atoms with Gasteiger partial charge < -0.3 is 9.47 Å². The number of esters is 1. The summed E-state index contributed by atoms with van der Waals surface area (Å²) in [6.07, 6.45) is -0.566. The number of ether oxygens (including phenoxy) is 2. The van der Waals surface area contributed by atoms with E-state index in [1.165, 1.54) is 12.1 Å². The molecule has 0 spiro atoms. The first-order chi connectivity index (χ1) is 15.4. The van der Waals surface area contributed by atoms with E-state index >= 15 is 0 Å². The molecule has 32 heavy (non-hydrogen) atoms. The second kappa shape index (κ2) is 9.74. The lowest BCUT2D eigenvalue weighted by atomic mass is 9.92. The van der Waals surface area contributed by atoms with Crippen LogP contribution in [0.4, 0.5) is 8.78 Å². The minimum absolute atomic E-state index is 0.0929. The lowest BCUT2D eigenvalue weighted by Crippen LogP contribution is -2.21. The first-order valence-electron chi connectivity index (χ1n) is 10.5. The highest BCUT2D eigenvalue weighted by atomic mass is 32.2. The van der Waals surface area contributed by atoms with Crippen molar-refractivity contribution in [3.05, 3.63) is 84.4 Å². The van der Waals surface area contributed by atoms with Gasteiger partial charge in [-0.2, -0.15) is 0 Å². The number of carbonyl (C=O) groups excluding carboxylic acids is 1. The molecule has 0 amide bonds.